The van der Waals surface area contributed by atoms with Gasteiger partial charge in [-0.05, 0) is 23.3 Å². The van der Waals surface area contributed by atoms with Gasteiger partial charge in [0.25, 0.3) is 0 Å². The van der Waals surface area contributed by atoms with Crippen LogP contribution in [-0.2, 0) is 16.1 Å². The third-order valence-corrected chi connectivity index (χ3v) is 4.29. The third-order valence-electron chi connectivity index (χ3n) is 4.29. The standard InChI is InChI=1S/C20H18N4O3/c1-2-26-17(25)11-12-24-13-21-18(14-7-4-3-5-8-14)20(24)15-9-6-10-16-19(15)23-27-22-16/h3-10,13H,2,11-12H2,1H3. The fourth-order valence-electron chi connectivity index (χ4n) is 3.08. The van der Waals surface area contributed by atoms with Crippen molar-refractivity contribution >= 4 is 17.0 Å². The third kappa shape index (κ3) is 3.31. The molecule has 0 radical (unpaired) electrons. The summed E-state index contributed by atoms with van der Waals surface area (Å²) in [5.41, 5.74) is 4.85. The van der Waals surface area contributed by atoms with Gasteiger partial charge in [0.2, 0.25) is 0 Å². The van der Waals surface area contributed by atoms with Crippen LogP contribution in [0.2, 0.25) is 0 Å². The van der Waals surface area contributed by atoms with Gasteiger partial charge in [0.15, 0.2) is 0 Å². The molecule has 2 aromatic carbocycles. The molecule has 0 saturated carbocycles. The average molecular weight is 362 g/mol. The molecule has 27 heavy (non-hydrogen) atoms. The number of aryl methyl sites for hydroxylation is 1. The molecule has 2 aromatic heterocycles. The van der Waals surface area contributed by atoms with Gasteiger partial charge in [-0.2, -0.15) is 0 Å². The van der Waals surface area contributed by atoms with Crippen molar-refractivity contribution in [2.24, 2.45) is 0 Å². The number of nitrogens with zero attached hydrogens (tertiary/aromatic N) is 4. The number of hydrogen-bond acceptors (Lipinski definition) is 6. The second-order valence-electron chi connectivity index (χ2n) is 5.99. The maximum atomic E-state index is 11.8. The fraction of sp³-hybridized carbons (Fsp3) is 0.200. The molecule has 0 saturated heterocycles. The lowest BCUT2D eigenvalue weighted by Gasteiger charge is -2.10. The number of benzene rings is 2. The average Bonchev–Trinajstić information content (AvgIpc) is 3.34. The van der Waals surface area contributed by atoms with Crippen LogP contribution >= 0.6 is 0 Å². The Morgan fingerprint density at radius 3 is 2.78 bits per heavy atom. The minimum absolute atomic E-state index is 0.236. The molecule has 0 unspecified atom stereocenters. The first-order valence-corrected chi connectivity index (χ1v) is 8.75. The normalized spacial score (nSPS) is 11.0. The van der Waals surface area contributed by atoms with E-state index >= 15 is 0 Å². The molecule has 0 spiro atoms. The summed E-state index contributed by atoms with van der Waals surface area (Å²) >= 11 is 0. The number of carbonyl (C=O) groups excluding carboxylic acids is 1. The van der Waals surface area contributed by atoms with Crippen molar-refractivity contribution in [1.82, 2.24) is 19.9 Å². The van der Waals surface area contributed by atoms with Crippen molar-refractivity contribution in [3.8, 4) is 22.5 Å². The highest BCUT2D eigenvalue weighted by Gasteiger charge is 2.19. The number of rotatable bonds is 6. The van der Waals surface area contributed by atoms with Crippen LogP contribution in [0.15, 0.2) is 59.5 Å². The van der Waals surface area contributed by atoms with Gasteiger partial charge in [0.05, 0.1) is 30.7 Å². The molecule has 0 aliphatic rings. The highest BCUT2D eigenvalue weighted by molar-refractivity contribution is 5.94. The van der Waals surface area contributed by atoms with Crippen LogP contribution in [-0.4, -0.2) is 32.4 Å². The van der Waals surface area contributed by atoms with Gasteiger partial charge in [0.1, 0.15) is 11.0 Å². The molecular weight excluding hydrogens is 344 g/mol. The zero-order valence-electron chi connectivity index (χ0n) is 14.8. The number of imidazole rings is 1. The van der Waals surface area contributed by atoms with Crippen molar-refractivity contribution in [2.45, 2.75) is 19.9 Å². The van der Waals surface area contributed by atoms with Crippen LogP contribution < -0.4 is 0 Å². The zero-order valence-corrected chi connectivity index (χ0v) is 14.8. The van der Waals surface area contributed by atoms with Crippen molar-refractivity contribution in [2.75, 3.05) is 6.61 Å². The van der Waals surface area contributed by atoms with E-state index in [1.165, 1.54) is 0 Å². The molecule has 0 atom stereocenters. The fourth-order valence-corrected chi connectivity index (χ4v) is 3.08. The van der Waals surface area contributed by atoms with E-state index in [9.17, 15) is 4.79 Å². The lowest BCUT2D eigenvalue weighted by atomic mass is 10.0. The number of ether oxygens (including phenoxy) is 1. The quantitative estimate of drug-likeness (QED) is 0.486. The van der Waals surface area contributed by atoms with Gasteiger partial charge in [-0.25, -0.2) is 9.61 Å². The van der Waals surface area contributed by atoms with Crippen molar-refractivity contribution < 1.29 is 14.2 Å². The molecule has 4 aromatic rings. The van der Waals surface area contributed by atoms with Crippen molar-refractivity contribution in [1.29, 1.82) is 0 Å². The minimum Gasteiger partial charge on any atom is -0.466 e. The molecular formula is C20H18N4O3. The Balaban J connectivity index is 1.82. The largest absolute Gasteiger partial charge is 0.466 e. The monoisotopic (exact) mass is 362 g/mol. The van der Waals surface area contributed by atoms with Crippen LogP contribution in [0.3, 0.4) is 0 Å². The summed E-state index contributed by atoms with van der Waals surface area (Å²) in [5.74, 6) is -0.236. The smallest absolute Gasteiger partial charge is 0.307 e. The number of esters is 1. The summed E-state index contributed by atoms with van der Waals surface area (Å²) in [6.45, 7) is 2.62. The minimum atomic E-state index is -0.236. The SMILES string of the molecule is CCOC(=O)CCn1cnc(-c2ccccc2)c1-c1cccc2nonc12. The van der Waals surface area contributed by atoms with Crippen LogP contribution in [0.1, 0.15) is 13.3 Å². The molecule has 0 aliphatic heterocycles. The zero-order chi connectivity index (χ0) is 18.6. The molecule has 4 rings (SSSR count). The van der Waals surface area contributed by atoms with E-state index in [-0.39, 0.29) is 12.4 Å². The summed E-state index contributed by atoms with van der Waals surface area (Å²) in [7, 11) is 0. The molecule has 0 N–H and O–H groups in total. The Morgan fingerprint density at radius 1 is 1.11 bits per heavy atom. The first-order valence-electron chi connectivity index (χ1n) is 8.75. The van der Waals surface area contributed by atoms with Crippen molar-refractivity contribution in [3.63, 3.8) is 0 Å². The van der Waals surface area contributed by atoms with Gasteiger partial charge in [-0.1, -0.05) is 42.5 Å². The van der Waals surface area contributed by atoms with Gasteiger partial charge in [0, 0.05) is 17.7 Å². The summed E-state index contributed by atoms with van der Waals surface area (Å²) in [5, 5.41) is 7.99. The second-order valence-corrected chi connectivity index (χ2v) is 5.99. The number of aromatic nitrogens is 4. The molecule has 0 fully saturated rings. The first kappa shape index (κ1) is 17.0. The van der Waals surface area contributed by atoms with Crippen LogP contribution in [0, 0.1) is 0 Å². The molecule has 0 amide bonds. The van der Waals surface area contributed by atoms with E-state index in [1.54, 1.807) is 13.3 Å². The van der Waals surface area contributed by atoms with Crippen LogP contribution in [0.4, 0.5) is 0 Å². The van der Waals surface area contributed by atoms with E-state index in [0.29, 0.717) is 24.2 Å². The molecule has 0 aliphatic carbocycles. The second kappa shape index (κ2) is 7.41. The molecule has 7 heteroatoms. The van der Waals surface area contributed by atoms with E-state index < -0.39 is 0 Å². The predicted molar refractivity (Wildman–Crippen MR) is 99.7 cm³/mol. The van der Waals surface area contributed by atoms with E-state index in [2.05, 4.69) is 15.3 Å². The highest BCUT2D eigenvalue weighted by atomic mass is 16.6. The van der Waals surface area contributed by atoms with Crippen molar-refractivity contribution in [3.05, 3.63) is 54.9 Å². The summed E-state index contributed by atoms with van der Waals surface area (Å²) in [6, 6.07) is 15.6. The van der Waals surface area contributed by atoms with E-state index in [1.807, 2.05) is 53.1 Å². The summed E-state index contributed by atoms with van der Waals surface area (Å²) in [4.78, 5) is 16.4. The summed E-state index contributed by atoms with van der Waals surface area (Å²) in [6.07, 6.45) is 2.00. The highest BCUT2D eigenvalue weighted by Crippen LogP contribution is 2.34. The maximum absolute atomic E-state index is 11.8. The molecule has 2 heterocycles. The van der Waals surface area contributed by atoms with E-state index in [0.717, 1.165) is 22.5 Å². The lowest BCUT2D eigenvalue weighted by molar-refractivity contribution is -0.143. The van der Waals surface area contributed by atoms with Gasteiger partial charge < -0.3 is 9.30 Å². The number of fused-ring (bicyclic) bond motifs is 1. The topological polar surface area (TPSA) is 83.0 Å². The Labute approximate surface area is 155 Å². The van der Waals surface area contributed by atoms with Crippen LogP contribution in [0.5, 0.6) is 0 Å². The lowest BCUT2D eigenvalue weighted by Crippen LogP contribution is -2.09. The van der Waals surface area contributed by atoms with Gasteiger partial charge in [-0.3, -0.25) is 4.79 Å². The predicted octanol–water partition coefficient (Wildman–Crippen LogP) is 3.71. The molecule has 136 valence electrons. The maximum Gasteiger partial charge on any atom is 0.307 e. The molecule has 7 nitrogen and oxygen atoms in total. The van der Waals surface area contributed by atoms with Crippen LogP contribution in [0.25, 0.3) is 33.5 Å². The van der Waals surface area contributed by atoms with Gasteiger partial charge >= 0.3 is 5.97 Å². The molecule has 0 bridgehead atoms. The van der Waals surface area contributed by atoms with Gasteiger partial charge in [-0.15, -0.1) is 0 Å². The number of hydrogen-bond donors (Lipinski definition) is 0. The Hall–Kier alpha value is -3.48. The Kier molecular flexibility index (Phi) is 4.65. The first-order chi connectivity index (χ1) is 13.3. The van der Waals surface area contributed by atoms with E-state index in [4.69, 9.17) is 9.37 Å². The number of carbonyl (C=O) groups is 1. The Morgan fingerprint density at radius 2 is 1.96 bits per heavy atom. The Bertz CT molecular complexity index is 1070. The summed E-state index contributed by atoms with van der Waals surface area (Å²) < 4.78 is 11.9.